The number of hydrogen-bond donors (Lipinski definition) is 2. The summed E-state index contributed by atoms with van der Waals surface area (Å²) < 4.78 is 19.8. The van der Waals surface area contributed by atoms with Gasteiger partial charge in [0.1, 0.15) is 17.8 Å². The van der Waals surface area contributed by atoms with Crippen LogP contribution in [-0.4, -0.2) is 16.6 Å². The van der Waals surface area contributed by atoms with Crippen LogP contribution in [0.3, 0.4) is 0 Å². The zero-order valence-corrected chi connectivity index (χ0v) is 12.4. The van der Waals surface area contributed by atoms with Crippen LogP contribution in [-0.2, 0) is 0 Å². The van der Waals surface area contributed by atoms with Gasteiger partial charge in [-0.05, 0) is 24.6 Å². The highest BCUT2D eigenvalue weighted by Gasteiger charge is 2.11. The normalized spacial score (nSPS) is 10.3. The van der Waals surface area contributed by atoms with Crippen molar-refractivity contribution in [3.05, 3.63) is 34.8 Å². The Labute approximate surface area is 124 Å². The fourth-order valence-corrected chi connectivity index (χ4v) is 1.87. The predicted octanol–water partition coefficient (Wildman–Crippen LogP) is 3.49. The lowest BCUT2D eigenvalue weighted by Gasteiger charge is -2.12. The molecule has 0 saturated heterocycles. The number of hydrogen-bond acceptors (Lipinski definition) is 5. The summed E-state index contributed by atoms with van der Waals surface area (Å²) in [7, 11) is 0. The molecule has 1 aromatic carbocycles. The molecule has 0 aliphatic carbocycles. The van der Waals surface area contributed by atoms with Gasteiger partial charge in [0.2, 0.25) is 5.88 Å². The number of aromatic nitrogens is 2. The topological polar surface area (TPSA) is 73.1 Å². The Morgan fingerprint density at radius 1 is 1.40 bits per heavy atom. The summed E-state index contributed by atoms with van der Waals surface area (Å²) in [5.41, 5.74) is 6.43. The van der Waals surface area contributed by atoms with Crippen LogP contribution in [0.4, 0.5) is 21.6 Å². The molecule has 20 heavy (non-hydrogen) atoms. The molecule has 7 heteroatoms. The molecular weight excluding hydrogens is 327 g/mol. The highest BCUT2D eigenvalue weighted by atomic mass is 79.9. The zero-order valence-electron chi connectivity index (χ0n) is 10.9. The maximum atomic E-state index is 13.7. The minimum atomic E-state index is -0.401. The lowest BCUT2D eigenvalue weighted by atomic mass is 10.3. The summed E-state index contributed by atoms with van der Waals surface area (Å²) in [6.07, 6.45) is 2.16. The van der Waals surface area contributed by atoms with Gasteiger partial charge in [-0.2, -0.15) is 4.98 Å². The average Bonchev–Trinajstić information content (AvgIpc) is 2.44. The molecule has 2 aromatic rings. The Balaban J connectivity index is 2.27. The van der Waals surface area contributed by atoms with Crippen molar-refractivity contribution in [1.29, 1.82) is 0 Å². The molecule has 5 nitrogen and oxygen atoms in total. The quantitative estimate of drug-likeness (QED) is 0.871. The minimum Gasteiger partial charge on any atom is -0.476 e. The second-order valence-electron chi connectivity index (χ2n) is 4.04. The summed E-state index contributed by atoms with van der Waals surface area (Å²) in [6.45, 7) is 2.49. The molecule has 0 bridgehead atoms. The molecule has 0 radical (unpaired) electrons. The molecule has 1 heterocycles. The van der Waals surface area contributed by atoms with E-state index in [4.69, 9.17) is 10.5 Å². The Bertz CT molecular complexity index is 609. The fourth-order valence-electron chi connectivity index (χ4n) is 1.51. The fraction of sp³-hybridized carbons (Fsp3) is 0.231. The standard InChI is InChI=1S/C13H14BrFN4O/c1-2-5-20-13-11(16)12(17-7-18-13)19-10-6-8(14)3-4-9(10)15/h3-4,6-7H,2,5,16H2,1H3,(H,17,18,19). The number of nitrogens with zero attached hydrogens (tertiary/aromatic N) is 2. The highest BCUT2D eigenvalue weighted by Crippen LogP contribution is 2.29. The van der Waals surface area contributed by atoms with Gasteiger partial charge in [-0.3, -0.25) is 0 Å². The van der Waals surface area contributed by atoms with Gasteiger partial charge < -0.3 is 15.8 Å². The summed E-state index contributed by atoms with van der Waals surface area (Å²) in [5, 5.41) is 2.84. The van der Waals surface area contributed by atoms with Gasteiger partial charge in [0, 0.05) is 4.47 Å². The van der Waals surface area contributed by atoms with E-state index in [0.717, 1.165) is 10.9 Å². The minimum absolute atomic E-state index is 0.250. The van der Waals surface area contributed by atoms with E-state index in [1.165, 1.54) is 12.4 Å². The van der Waals surface area contributed by atoms with Gasteiger partial charge in [-0.25, -0.2) is 9.37 Å². The Hall–Kier alpha value is -1.89. The number of benzene rings is 1. The first-order valence-corrected chi connectivity index (χ1v) is 6.86. The van der Waals surface area contributed by atoms with E-state index in [1.807, 2.05) is 6.92 Å². The van der Waals surface area contributed by atoms with E-state index in [-0.39, 0.29) is 11.4 Å². The van der Waals surface area contributed by atoms with Crippen LogP contribution in [0, 0.1) is 5.82 Å². The molecule has 1 aromatic heterocycles. The maximum Gasteiger partial charge on any atom is 0.242 e. The number of halogens is 2. The van der Waals surface area contributed by atoms with Crippen LogP contribution in [0.2, 0.25) is 0 Å². The van der Waals surface area contributed by atoms with Crippen LogP contribution in [0.25, 0.3) is 0 Å². The van der Waals surface area contributed by atoms with E-state index in [1.54, 1.807) is 12.1 Å². The lowest BCUT2D eigenvalue weighted by Crippen LogP contribution is -2.06. The summed E-state index contributed by atoms with van der Waals surface area (Å²) in [5.74, 6) is 0.199. The van der Waals surface area contributed by atoms with Crippen LogP contribution in [0.1, 0.15) is 13.3 Å². The SMILES string of the molecule is CCCOc1ncnc(Nc2cc(Br)ccc2F)c1N. The van der Waals surface area contributed by atoms with E-state index in [2.05, 4.69) is 31.2 Å². The Kier molecular flexibility index (Phi) is 4.73. The lowest BCUT2D eigenvalue weighted by molar-refractivity contribution is 0.307. The number of nitrogens with one attached hydrogen (secondary N) is 1. The molecule has 0 spiro atoms. The molecule has 0 atom stereocenters. The smallest absolute Gasteiger partial charge is 0.242 e. The monoisotopic (exact) mass is 340 g/mol. The predicted molar refractivity (Wildman–Crippen MR) is 79.6 cm³/mol. The van der Waals surface area contributed by atoms with Crippen molar-refractivity contribution < 1.29 is 9.13 Å². The molecule has 3 N–H and O–H groups in total. The van der Waals surface area contributed by atoms with Crippen LogP contribution in [0.15, 0.2) is 29.0 Å². The zero-order chi connectivity index (χ0) is 14.5. The largest absolute Gasteiger partial charge is 0.476 e. The first-order valence-electron chi connectivity index (χ1n) is 6.07. The Morgan fingerprint density at radius 2 is 2.20 bits per heavy atom. The van der Waals surface area contributed by atoms with Crippen molar-refractivity contribution in [3.63, 3.8) is 0 Å². The molecule has 0 amide bonds. The van der Waals surface area contributed by atoms with Crippen molar-refractivity contribution in [3.8, 4) is 5.88 Å². The van der Waals surface area contributed by atoms with E-state index in [9.17, 15) is 4.39 Å². The van der Waals surface area contributed by atoms with Crippen molar-refractivity contribution in [2.75, 3.05) is 17.7 Å². The van der Waals surface area contributed by atoms with Crippen molar-refractivity contribution in [2.24, 2.45) is 0 Å². The second-order valence-corrected chi connectivity index (χ2v) is 4.95. The first-order chi connectivity index (χ1) is 9.61. The van der Waals surface area contributed by atoms with Crippen molar-refractivity contribution in [1.82, 2.24) is 9.97 Å². The second kappa shape index (κ2) is 6.51. The van der Waals surface area contributed by atoms with E-state index in [0.29, 0.717) is 18.3 Å². The third-order valence-corrected chi connectivity index (χ3v) is 2.96. The molecule has 0 fully saturated rings. The van der Waals surface area contributed by atoms with Crippen molar-refractivity contribution >= 4 is 33.1 Å². The summed E-state index contributed by atoms with van der Waals surface area (Å²) in [6, 6.07) is 4.56. The third-order valence-electron chi connectivity index (χ3n) is 2.47. The molecule has 106 valence electrons. The molecule has 0 unspecified atom stereocenters. The van der Waals surface area contributed by atoms with E-state index >= 15 is 0 Å². The van der Waals surface area contributed by atoms with Gasteiger partial charge in [-0.15, -0.1) is 0 Å². The Morgan fingerprint density at radius 3 is 2.95 bits per heavy atom. The van der Waals surface area contributed by atoms with Gasteiger partial charge in [-0.1, -0.05) is 22.9 Å². The van der Waals surface area contributed by atoms with E-state index < -0.39 is 5.82 Å². The molecule has 0 saturated carbocycles. The number of ether oxygens (including phenoxy) is 1. The maximum absolute atomic E-state index is 13.7. The first kappa shape index (κ1) is 14.5. The molecule has 0 aliphatic rings. The molecule has 2 rings (SSSR count). The van der Waals surface area contributed by atoms with Gasteiger partial charge in [0.05, 0.1) is 12.3 Å². The van der Waals surface area contributed by atoms with Gasteiger partial charge >= 0.3 is 0 Å². The van der Waals surface area contributed by atoms with Gasteiger partial charge in [0.15, 0.2) is 5.82 Å². The molecule has 0 aliphatic heterocycles. The third kappa shape index (κ3) is 3.36. The van der Waals surface area contributed by atoms with Gasteiger partial charge in [0.25, 0.3) is 0 Å². The van der Waals surface area contributed by atoms with Crippen LogP contribution >= 0.6 is 15.9 Å². The molecular formula is C13H14BrFN4O. The number of nitrogens with two attached hydrogens (primary N) is 1. The summed E-state index contributed by atoms with van der Waals surface area (Å²) in [4.78, 5) is 7.96. The van der Waals surface area contributed by atoms with Crippen LogP contribution in [0.5, 0.6) is 5.88 Å². The summed E-state index contributed by atoms with van der Waals surface area (Å²) >= 11 is 3.28. The number of nitrogen functional groups attached to an aromatic ring is 1. The van der Waals surface area contributed by atoms with Crippen LogP contribution < -0.4 is 15.8 Å². The van der Waals surface area contributed by atoms with Crippen molar-refractivity contribution in [2.45, 2.75) is 13.3 Å². The average molecular weight is 341 g/mol. The number of anilines is 3. The number of rotatable bonds is 5. The highest BCUT2D eigenvalue weighted by molar-refractivity contribution is 9.10.